The van der Waals surface area contributed by atoms with Gasteiger partial charge in [0.05, 0.1) is 61.9 Å². The standard InChI is InChI=1S/2C28H26F3N3O4.C27H26ClF3N2O4/c2*1-32-21-14-20-23(25(33-21)37-4)26(36)24(35)19(15-34(2)3)22(16-8-6-5-7-9-16)27(26,38-20)17-10-12-18(13-11-17)28(29,30)31;1-33(2)14-18-21(15-7-5-4-6-8-15)26(16-9-11-17(12-10-16)27(29,30)31)25(35,23(18)34)22-19(37-26)13-20(28)32-24(22)36-3/h2*5-14,19,22,24,35-36H,15H2,2-4H3;4-13,18,21,23,34-35H,14H2,1-3H3/t2*19-,22-,24-,26+,27+;18-,21-,23-,25+,26+/m111/s1. The topological polar surface area (TPSA) is 234 Å². The smallest absolute Gasteiger partial charge is 0.416 e. The lowest BCUT2D eigenvalue weighted by atomic mass is 9.70. The van der Waals surface area contributed by atoms with Crippen LogP contribution in [-0.4, -0.2) is 162 Å². The van der Waals surface area contributed by atoms with Crippen LogP contribution in [0.25, 0.3) is 9.69 Å². The molecule has 0 unspecified atom stereocenters. The lowest BCUT2D eigenvalue weighted by molar-refractivity contribution is -0.152. The summed E-state index contributed by atoms with van der Waals surface area (Å²) in [5.41, 5.74) is -11.1. The van der Waals surface area contributed by atoms with Crippen molar-refractivity contribution in [3.63, 3.8) is 0 Å². The molecular formula is C83H78ClF9N8O12. The first kappa shape index (κ1) is 80.9. The highest BCUT2D eigenvalue weighted by Gasteiger charge is 2.80. The Balaban J connectivity index is 0.000000148. The predicted molar refractivity (Wildman–Crippen MR) is 395 cm³/mol. The summed E-state index contributed by atoms with van der Waals surface area (Å²) in [6.07, 6.45) is -18.0. The first-order chi connectivity index (χ1) is 53.4. The van der Waals surface area contributed by atoms with Crippen molar-refractivity contribution >= 4 is 23.2 Å². The number of ether oxygens (including phenoxy) is 6. The van der Waals surface area contributed by atoms with Crippen LogP contribution in [0.1, 0.15) is 84.5 Å². The Kier molecular flexibility index (Phi) is 21.2. The van der Waals surface area contributed by atoms with Crippen LogP contribution < -0.4 is 28.4 Å². The third-order valence-electron chi connectivity index (χ3n) is 22.5. The van der Waals surface area contributed by atoms with E-state index in [0.29, 0.717) is 19.6 Å². The number of rotatable bonds is 15. The zero-order valence-corrected chi connectivity index (χ0v) is 62.9. The fourth-order valence-electron chi connectivity index (χ4n) is 18.4. The summed E-state index contributed by atoms with van der Waals surface area (Å²) in [4.78, 5) is 24.9. The van der Waals surface area contributed by atoms with Crippen molar-refractivity contribution in [2.24, 2.45) is 17.8 Å². The third kappa shape index (κ3) is 12.8. The van der Waals surface area contributed by atoms with Crippen LogP contribution >= 0.6 is 11.6 Å². The molecule has 6 aromatic carbocycles. The molecule has 6 heterocycles. The molecule has 9 aromatic rings. The molecule has 15 atom stereocenters. The van der Waals surface area contributed by atoms with E-state index < -0.39 is 123 Å². The molecular weight excluding hydrogens is 1510 g/mol. The number of hydrogen-bond donors (Lipinski definition) is 6. The molecule has 0 amide bonds. The Morgan fingerprint density at radius 2 is 0.655 bits per heavy atom. The number of aliphatic hydroxyl groups is 6. The summed E-state index contributed by atoms with van der Waals surface area (Å²) in [5, 5.41) is 73.7. The van der Waals surface area contributed by atoms with E-state index in [9.17, 15) is 70.2 Å². The van der Waals surface area contributed by atoms with Gasteiger partial charge < -0.3 is 83.5 Å². The Morgan fingerprint density at radius 3 is 0.885 bits per heavy atom. The maximum atomic E-state index is 13.5. The van der Waals surface area contributed by atoms with Gasteiger partial charge in [0, 0.05) is 73.3 Å². The van der Waals surface area contributed by atoms with Crippen molar-refractivity contribution in [1.29, 1.82) is 0 Å². The van der Waals surface area contributed by atoms with Gasteiger partial charge in [-0.2, -0.15) is 39.5 Å². The molecule has 6 aliphatic rings. The van der Waals surface area contributed by atoms with E-state index >= 15 is 0 Å². The molecule has 3 fully saturated rings. The maximum Gasteiger partial charge on any atom is 0.416 e. The van der Waals surface area contributed by atoms with Crippen LogP contribution in [0.2, 0.25) is 5.15 Å². The summed E-state index contributed by atoms with van der Waals surface area (Å²) in [7, 11) is 15.0. The molecule has 15 rings (SSSR count). The van der Waals surface area contributed by atoms with Gasteiger partial charge in [-0.05, 0) is 112 Å². The van der Waals surface area contributed by atoms with Crippen molar-refractivity contribution in [2.75, 3.05) is 83.2 Å². The number of methoxy groups -OCH3 is 3. The molecule has 3 saturated carbocycles. The molecule has 30 heteroatoms. The van der Waals surface area contributed by atoms with Gasteiger partial charge >= 0.3 is 30.3 Å². The minimum atomic E-state index is -4.56. The molecule has 3 aliphatic heterocycles. The van der Waals surface area contributed by atoms with Gasteiger partial charge in [-0.15, -0.1) is 0 Å². The number of nitrogens with zero attached hydrogens (tertiary/aromatic N) is 8. The van der Waals surface area contributed by atoms with E-state index in [1.807, 2.05) is 148 Å². The zero-order chi connectivity index (χ0) is 81.7. The van der Waals surface area contributed by atoms with E-state index in [1.165, 1.54) is 75.9 Å². The van der Waals surface area contributed by atoms with Crippen molar-refractivity contribution in [1.82, 2.24) is 29.7 Å². The maximum absolute atomic E-state index is 13.5. The van der Waals surface area contributed by atoms with Gasteiger partial charge in [-0.25, -0.2) is 4.98 Å². The first-order valence-electron chi connectivity index (χ1n) is 35.5. The van der Waals surface area contributed by atoms with E-state index in [1.54, 1.807) is 0 Å². The van der Waals surface area contributed by atoms with Crippen LogP contribution in [0.4, 0.5) is 51.1 Å². The Bertz CT molecular complexity index is 4880. The lowest BCUT2D eigenvalue weighted by Crippen LogP contribution is -2.52. The number of aromatic nitrogens is 3. The number of aliphatic hydroxyl groups excluding tert-OH is 3. The Hall–Kier alpha value is -10.2. The Morgan fingerprint density at radius 1 is 0.407 bits per heavy atom. The van der Waals surface area contributed by atoms with Gasteiger partial charge in [0.1, 0.15) is 33.5 Å². The predicted octanol–water partition coefficient (Wildman–Crippen LogP) is 13.5. The van der Waals surface area contributed by atoms with Gasteiger partial charge in [0.15, 0.2) is 33.6 Å². The van der Waals surface area contributed by atoms with Gasteiger partial charge in [0.2, 0.25) is 5.88 Å². The summed E-state index contributed by atoms with van der Waals surface area (Å²) in [5.74, 6) is -3.95. The van der Waals surface area contributed by atoms with E-state index in [4.69, 9.17) is 53.2 Å². The van der Waals surface area contributed by atoms with Gasteiger partial charge in [-0.3, -0.25) is 0 Å². The zero-order valence-electron chi connectivity index (χ0n) is 62.1. The molecule has 0 spiro atoms. The number of pyridine rings is 3. The third-order valence-corrected chi connectivity index (χ3v) is 22.7. The summed E-state index contributed by atoms with van der Waals surface area (Å²) < 4.78 is 157. The average molecular weight is 1590 g/mol. The second kappa shape index (κ2) is 29.7. The first-order valence-corrected chi connectivity index (χ1v) is 35.9. The highest BCUT2D eigenvalue weighted by Crippen LogP contribution is 2.74. The van der Waals surface area contributed by atoms with Crippen LogP contribution in [0.5, 0.6) is 34.9 Å². The normalized spacial score (nSPS) is 28.2. The van der Waals surface area contributed by atoms with E-state index in [2.05, 4.69) is 24.6 Å². The largest absolute Gasteiger partial charge is 0.481 e. The molecule has 20 nitrogen and oxygen atoms in total. The second-order valence-corrected chi connectivity index (χ2v) is 30.0. The number of fused-ring (bicyclic) bond motifs is 9. The quantitative estimate of drug-likeness (QED) is 0.0318. The fourth-order valence-corrected chi connectivity index (χ4v) is 18.6. The number of benzene rings is 6. The van der Waals surface area contributed by atoms with Crippen molar-refractivity contribution in [2.45, 2.75) is 88.2 Å². The van der Waals surface area contributed by atoms with Crippen molar-refractivity contribution in [3.8, 4) is 34.9 Å². The molecule has 0 radical (unpaired) electrons. The molecule has 113 heavy (non-hydrogen) atoms. The minimum absolute atomic E-state index is 0.0323. The van der Waals surface area contributed by atoms with Crippen LogP contribution in [0.3, 0.4) is 0 Å². The Labute approximate surface area is 649 Å². The molecule has 6 N–H and O–H groups in total. The van der Waals surface area contributed by atoms with Gasteiger partial charge in [0.25, 0.3) is 11.6 Å². The summed E-state index contributed by atoms with van der Waals surface area (Å²) >= 11 is 6.21. The highest BCUT2D eigenvalue weighted by molar-refractivity contribution is 6.29. The molecule has 592 valence electrons. The van der Waals surface area contributed by atoms with Crippen LogP contribution in [-0.2, 0) is 52.1 Å². The number of alkyl halides is 9. The van der Waals surface area contributed by atoms with Gasteiger partial charge in [-0.1, -0.05) is 162 Å². The van der Waals surface area contributed by atoms with E-state index in [0.717, 1.165) is 53.1 Å². The number of halogens is 10. The minimum Gasteiger partial charge on any atom is -0.481 e. The highest BCUT2D eigenvalue weighted by atomic mass is 35.5. The summed E-state index contributed by atoms with van der Waals surface area (Å²) in [6, 6.07) is 44.9. The fraction of sp³-hybridized carbons (Fsp3) is 0.361. The SMILES string of the molecule is COc1nc(Cl)cc2c1[C@]1(O)[C@H](O)[C@H](CN(C)C)[C@@H](c3ccccc3)[C@]1(c1ccc(C(F)(F)F)cc1)O2.[C-]#[N+]c1cc2c(c(OC)n1)[C@]1(O)[C@H](O)[C@H](CN(C)C)[C@@H](c3ccccc3)[C@]1(c1ccc(C(F)(F)F)cc1)O2.[C-]#[N+]c1cc2c(c(OC)n1)[C@]1(O)[C@H](O)[C@H](CN(C)C)[C@@H](c3ccccc3)[C@]1(c1ccc(C(F)(F)F)cc1)O2. The molecule has 0 bridgehead atoms. The van der Waals surface area contributed by atoms with Crippen LogP contribution in [0, 0.1) is 30.9 Å². The second-order valence-electron chi connectivity index (χ2n) is 29.6. The van der Waals surface area contributed by atoms with E-state index in [-0.39, 0.29) is 85.1 Å². The molecule has 0 saturated heterocycles. The van der Waals surface area contributed by atoms with Crippen molar-refractivity contribution in [3.05, 3.63) is 277 Å². The number of hydrogen-bond acceptors (Lipinski definition) is 18. The van der Waals surface area contributed by atoms with Crippen molar-refractivity contribution < 1.29 is 98.6 Å². The monoisotopic (exact) mass is 1580 g/mol. The van der Waals surface area contributed by atoms with Crippen LogP contribution in [0.15, 0.2) is 182 Å². The summed E-state index contributed by atoms with van der Waals surface area (Å²) in [6.45, 7) is 15.9. The molecule has 3 aliphatic carbocycles. The lowest BCUT2D eigenvalue weighted by Gasteiger charge is -2.41. The average Bonchev–Trinajstić information content (AvgIpc) is 1.51. The molecule has 3 aromatic heterocycles.